The molecule has 1 aliphatic carbocycles. The first kappa shape index (κ1) is 18.1. The summed E-state index contributed by atoms with van der Waals surface area (Å²) in [6, 6.07) is 7.53. The third-order valence-corrected chi connectivity index (χ3v) is 6.58. The van der Waals surface area contributed by atoms with E-state index in [9.17, 15) is 14.0 Å². The largest absolute Gasteiger partial charge is 0.349 e. The number of carbonyl (C=O) groups is 1. The summed E-state index contributed by atoms with van der Waals surface area (Å²) < 4.78 is 15.1. The zero-order valence-electron chi connectivity index (χ0n) is 14.4. The number of halogens is 1. The van der Waals surface area contributed by atoms with E-state index < -0.39 is 11.5 Å². The zero-order chi connectivity index (χ0) is 19.0. The minimum atomic E-state index is -0.635. The van der Waals surface area contributed by atoms with Crippen LogP contribution in [-0.2, 0) is 11.3 Å². The number of fused-ring (bicyclic) bond motifs is 2. The number of anilines is 1. The van der Waals surface area contributed by atoms with Crippen LogP contribution in [-0.4, -0.2) is 33.0 Å². The molecule has 1 aromatic heterocycles. The topological polar surface area (TPSA) is 55.2 Å². The molecule has 4 rings (SSSR count). The molecular formula is C19H16FN3O2S2. The predicted octanol–water partition coefficient (Wildman–Crippen LogP) is 3.11. The second kappa shape index (κ2) is 7.36. The van der Waals surface area contributed by atoms with Crippen LogP contribution in [0.4, 0.5) is 10.1 Å². The molecule has 2 aromatic rings. The van der Waals surface area contributed by atoms with Crippen LogP contribution < -0.4 is 10.6 Å². The van der Waals surface area contributed by atoms with Crippen molar-refractivity contribution >= 4 is 35.1 Å². The Bertz CT molecular complexity index is 1020. The van der Waals surface area contributed by atoms with Gasteiger partial charge in [-0.2, -0.15) is 4.98 Å². The van der Waals surface area contributed by atoms with Crippen molar-refractivity contribution in [1.82, 2.24) is 9.55 Å². The van der Waals surface area contributed by atoms with Crippen LogP contribution in [0.15, 0.2) is 69.5 Å². The van der Waals surface area contributed by atoms with Crippen molar-refractivity contribution in [3.05, 3.63) is 71.1 Å². The monoisotopic (exact) mass is 401 g/mol. The lowest BCUT2D eigenvalue weighted by Crippen LogP contribution is -2.49. The van der Waals surface area contributed by atoms with Crippen LogP contribution >= 0.6 is 23.5 Å². The van der Waals surface area contributed by atoms with Gasteiger partial charge in [0.25, 0.3) is 0 Å². The molecule has 27 heavy (non-hydrogen) atoms. The molecule has 2 heterocycles. The Labute approximate surface area is 164 Å². The van der Waals surface area contributed by atoms with Gasteiger partial charge in [-0.05, 0) is 18.4 Å². The molecule has 0 unspecified atom stereocenters. The third-order valence-electron chi connectivity index (χ3n) is 4.47. The smallest absolute Gasteiger partial charge is 0.301 e. The molecule has 5 nitrogen and oxygen atoms in total. The number of benzene rings is 1. The number of rotatable bonds is 3. The Morgan fingerprint density at radius 3 is 2.89 bits per heavy atom. The van der Waals surface area contributed by atoms with E-state index in [0.29, 0.717) is 0 Å². The third kappa shape index (κ3) is 3.23. The maximum absolute atomic E-state index is 14.0. The summed E-state index contributed by atoms with van der Waals surface area (Å²) in [5.74, 6) is -0.884. The fraction of sp³-hybridized carbons (Fsp3) is 0.211. The van der Waals surface area contributed by atoms with E-state index in [1.165, 1.54) is 0 Å². The molecule has 1 aliphatic heterocycles. The molecule has 0 spiro atoms. The number of para-hydroxylation sites is 1. The highest BCUT2D eigenvalue weighted by Gasteiger charge is 2.36. The lowest BCUT2D eigenvalue weighted by Gasteiger charge is -2.40. The van der Waals surface area contributed by atoms with E-state index in [1.54, 1.807) is 22.9 Å². The first-order valence-corrected chi connectivity index (χ1v) is 10.4. The SMILES string of the molecule is CSc1c(F)cnc(=O)n1CC(=O)N1c2ccccc2S[C@H]2C=CC=C[C@@H]21. The zero-order valence-corrected chi connectivity index (χ0v) is 16.0. The molecule has 0 N–H and O–H groups in total. The number of hydrogen-bond acceptors (Lipinski definition) is 5. The molecule has 2 aliphatic rings. The van der Waals surface area contributed by atoms with Gasteiger partial charge in [-0.25, -0.2) is 9.18 Å². The van der Waals surface area contributed by atoms with Crippen molar-refractivity contribution < 1.29 is 9.18 Å². The number of carbonyl (C=O) groups excluding carboxylic acids is 1. The van der Waals surface area contributed by atoms with E-state index in [4.69, 9.17) is 0 Å². The maximum atomic E-state index is 14.0. The van der Waals surface area contributed by atoms with Crippen molar-refractivity contribution in [2.75, 3.05) is 11.2 Å². The van der Waals surface area contributed by atoms with E-state index in [1.807, 2.05) is 42.5 Å². The van der Waals surface area contributed by atoms with E-state index in [-0.39, 0.29) is 28.8 Å². The lowest BCUT2D eigenvalue weighted by molar-refractivity contribution is -0.119. The first-order valence-electron chi connectivity index (χ1n) is 8.32. The number of nitrogens with zero attached hydrogens (tertiary/aromatic N) is 3. The van der Waals surface area contributed by atoms with Crippen LogP contribution in [0.2, 0.25) is 0 Å². The van der Waals surface area contributed by atoms with Crippen molar-refractivity contribution in [2.24, 2.45) is 0 Å². The Kier molecular flexibility index (Phi) is 4.92. The van der Waals surface area contributed by atoms with Crippen molar-refractivity contribution in [3.8, 4) is 0 Å². The van der Waals surface area contributed by atoms with Crippen LogP contribution in [0.3, 0.4) is 0 Å². The number of hydrogen-bond donors (Lipinski definition) is 0. The lowest BCUT2D eigenvalue weighted by atomic mass is 10.0. The second-order valence-corrected chi connectivity index (χ2v) is 8.07. The molecule has 2 atom stereocenters. The van der Waals surface area contributed by atoms with Gasteiger partial charge < -0.3 is 4.90 Å². The molecule has 138 valence electrons. The van der Waals surface area contributed by atoms with Crippen LogP contribution in [0.1, 0.15) is 0 Å². The van der Waals surface area contributed by atoms with Gasteiger partial charge in [0.15, 0.2) is 5.82 Å². The van der Waals surface area contributed by atoms with Gasteiger partial charge >= 0.3 is 5.69 Å². The quantitative estimate of drug-likeness (QED) is 0.584. The Morgan fingerprint density at radius 2 is 2.07 bits per heavy atom. The average molecular weight is 401 g/mol. The fourth-order valence-electron chi connectivity index (χ4n) is 3.29. The highest BCUT2D eigenvalue weighted by Crippen LogP contribution is 2.43. The van der Waals surface area contributed by atoms with E-state index in [2.05, 4.69) is 11.1 Å². The van der Waals surface area contributed by atoms with Gasteiger partial charge in [0.1, 0.15) is 11.6 Å². The highest BCUT2D eigenvalue weighted by molar-refractivity contribution is 8.00. The van der Waals surface area contributed by atoms with Gasteiger partial charge in [-0.1, -0.05) is 36.4 Å². The fourth-order valence-corrected chi connectivity index (χ4v) is 5.16. The second-order valence-electron chi connectivity index (χ2n) is 6.06. The summed E-state index contributed by atoms with van der Waals surface area (Å²) in [4.78, 5) is 31.7. The number of aromatic nitrogens is 2. The molecule has 1 amide bonds. The molecule has 0 saturated heterocycles. The van der Waals surface area contributed by atoms with Crippen LogP contribution in [0.5, 0.6) is 0 Å². The molecule has 0 saturated carbocycles. The molecule has 0 bridgehead atoms. The summed E-state index contributed by atoms with van der Waals surface area (Å²) in [5.41, 5.74) is 0.168. The van der Waals surface area contributed by atoms with Gasteiger partial charge in [0.05, 0.1) is 23.2 Å². The van der Waals surface area contributed by atoms with Crippen LogP contribution in [0.25, 0.3) is 0 Å². The summed E-state index contributed by atoms with van der Waals surface area (Å²) in [7, 11) is 0. The Morgan fingerprint density at radius 1 is 1.30 bits per heavy atom. The molecule has 0 radical (unpaired) electrons. The summed E-state index contributed by atoms with van der Waals surface area (Å²) >= 11 is 2.79. The van der Waals surface area contributed by atoms with Gasteiger partial charge in [0, 0.05) is 4.90 Å². The Balaban J connectivity index is 1.75. The summed E-state index contributed by atoms with van der Waals surface area (Å²) in [6.07, 6.45) is 10.5. The first-order chi connectivity index (χ1) is 13.1. The molecular weight excluding hydrogens is 385 g/mol. The average Bonchev–Trinajstić information content (AvgIpc) is 2.69. The molecule has 0 fully saturated rings. The Hall–Kier alpha value is -2.32. The van der Waals surface area contributed by atoms with Gasteiger partial charge in [-0.3, -0.25) is 9.36 Å². The standard InChI is InChI=1S/C19H16FN3O2S2/c1-26-18-12(20)10-21-19(25)22(18)11-17(24)23-13-6-2-4-8-15(13)27-16-9-5-3-7-14(16)23/h2-10,13,15H,11H2,1H3/t13-,15-/m0/s1. The van der Waals surface area contributed by atoms with E-state index in [0.717, 1.165) is 33.1 Å². The van der Waals surface area contributed by atoms with E-state index >= 15 is 0 Å². The summed E-state index contributed by atoms with van der Waals surface area (Å²) in [5, 5.41) is 0.204. The number of amides is 1. The van der Waals surface area contributed by atoms with Crippen molar-refractivity contribution in [3.63, 3.8) is 0 Å². The van der Waals surface area contributed by atoms with Gasteiger partial charge in [0.2, 0.25) is 5.91 Å². The molecule has 1 aromatic carbocycles. The van der Waals surface area contributed by atoms with Crippen LogP contribution in [0, 0.1) is 5.82 Å². The highest BCUT2D eigenvalue weighted by atomic mass is 32.2. The minimum absolute atomic E-state index is 0.0937. The van der Waals surface area contributed by atoms with Crippen molar-refractivity contribution in [2.45, 2.75) is 27.8 Å². The molecule has 8 heteroatoms. The van der Waals surface area contributed by atoms with Gasteiger partial charge in [-0.15, -0.1) is 23.5 Å². The normalized spacial score (nSPS) is 20.3. The number of allylic oxidation sites excluding steroid dienone is 2. The minimum Gasteiger partial charge on any atom is -0.301 e. The number of thioether (sulfide) groups is 2. The summed E-state index contributed by atoms with van der Waals surface area (Å²) in [6.45, 7) is -0.264. The van der Waals surface area contributed by atoms with Crippen molar-refractivity contribution in [1.29, 1.82) is 0 Å². The predicted molar refractivity (Wildman–Crippen MR) is 106 cm³/mol. The maximum Gasteiger partial charge on any atom is 0.349 e.